The van der Waals surface area contributed by atoms with E-state index in [0.29, 0.717) is 27.4 Å². The van der Waals surface area contributed by atoms with Crippen molar-refractivity contribution < 1.29 is 18.0 Å². The standard InChI is InChI=1S/C16H12Cl2F3N5O/c1-25-13(5-14(24-25)16(19,20)21)15(27)23-9-6-22-26(7-9)8-10-11(17)3-2-4-12(10)18/h2-7H,8H2,1H3,(H,23,27). The number of halogens is 5. The molecule has 2 heterocycles. The van der Waals surface area contributed by atoms with Crippen LogP contribution in [0.25, 0.3) is 0 Å². The van der Waals surface area contributed by atoms with E-state index < -0.39 is 17.8 Å². The van der Waals surface area contributed by atoms with Crippen LogP contribution in [0.5, 0.6) is 0 Å². The van der Waals surface area contributed by atoms with Crippen LogP contribution >= 0.6 is 23.2 Å². The van der Waals surface area contributed by atoms with Crippen molar-refractivity contribution in [2.24, 2.45) is 7.05 Å². The fourth-order valence-electron chi connectivity index (χ4n) is 2.37. The van der Waals surface area contributed by atoms with Gasteiger partial charge in [0.25, 0.3) is 5.91 Å². The van der Waals surface area contributed by atoms with Crippen LogP contribution in [0.1, 0.15) is 21.7 Å². The van der Waals surface area contributed by atoms with Gasteiger partial charge in [-0.05, 0) is 12.1 Å². The molecule has 0 saturated carbocycles. The summed E-state index contributed by atoms with van der Waals surface area (Å²) < 4.78 is 40.5. The zero-order valence-corrected chi connectivity index (χ0v) is 15.3. The van der Waals surface area contributed by atoms with Gasteiger partial charge in [-0.25, -0.2) is 0 Å². The molecule has 3 aromatic rings. The summed E-state index contributed by atoms with van der Waals surface area (Å²) in [6, 6.07) is 5.78. The third-order valence-corrected chi connectivity index (χ3v) is 4.38. The van der Waals surface area contributed by atoms with Crippen LogP contribution in [0.3, 0.4) is 0 Å². The predicted molar refractivity (Wildman–Crippen MR) is 94.0 cm³/mol. The van der Waals surface area contributed by atoms with Crippen LogP contribution in [0, 0.1) is 0 Å². The van der Waals surface area contributed by atoms with Crippen molar-refractivity contribution in [3.63, 3.8) is 0 Å². The summed E-state index contributed by atoms with van der Waals surface area (Å²) in [6.45, 7) is 0.262. The van der Waals surface area contributed by atoms with Gasteiger partial charge in [-0.1, -0.05) is 29.3 Å². The molecular formula is C16H12Cl2F3N5O. The number of hydrogen-bond donors (Lipinski definition) is 1. The molecule has 3 rings (SSSR count). The van der Waals surface area contributed by atoms with Gasteiger partial charge in [0.15, 0.2) is 5.69 Å². The second kappa shape index (κ2) is 7.24. The number of nitrogens with zero attached hydrogens (tertiary/aromatic N) is 4. The summed E-state index contributed by atoms with van der Waals surface area (Å²) in [5.74, 6) is -0.740. The molecule has 2 aromatic heterocycles. The number of hydrogen-bond acceptors (Lipinski definition) is 3. The largest absolute Gasteiger partial charge is 0.435 e. The fraction of sp³-hybridized carbons (Fsp3) is 0.188. The minimum atomic E-state index is -4.63. The van der Waals surface area contributed by atoms with Gasteiger partial charge in [0.1, 0.15) is 5.69 Å². The highest BCUT2D eigenvalue weighted by atomic mass is 35.5. The Balaban J connectivity index is 1.74. The summed E-state index contributed by atoms with van der Waals surface area (Å²) in [5, 5.41) is 10.8. The lowest BCUT2D eigenvalue weighted by molar-refractivity contribution is -0.141. The van der Waals surface area contributed by atoms with E-state index in [9.17, 15) is 18.0 Å². The zero-order valence-electron chi connectivity index (χ0n) is 13.8. The second-order valence-corrected chi connectivity index (χ2v) is 6.43. The van der Waals surface area contributed by atoms with Gasteiger partial charge in [-0.2, -0.15) is 23.4 Å². The molecule has 0 saturated heterocycles. The van der Waals surface area contributed by atoms with E-state index in [-0.39, 0.29) is 12.2 Å². The van der Waals surface area contributed by atoms with E-state index in [4.69, 9.17) is 23.2 Å². The van der Waals surface area contributed by atoms with Crippen molar-refractivity contribution in [3.8, 4) is 0 Å². The SMILES string of the molecule is Cn1nc(C(F)(F)F)cc1C(=O)Nc1cnn(Cc2c(Cl)cccc2Cl)c1. The molecule has 0 aliphatic rings. The van der Waals surface area contributed by atoms with Crippen molar-refractivity contribution in [2.75, 3.05) is 5.32 Å². The molecule has 0 atom stereocenters. The summed E-state index contributed by atoms with van der Waals surface area (Å²) >= 11 is 12.2. The highest BCUT2D eigenvalue weighted by Crippen LogP contribution is 2.28. The molecule has 0 radical (unpaired) electrons. The molecule has 1 N–H and O–H groups in total. The number of aryl methyl sites for hydroxylation is 1. The third-order valence-electron chi connectivity index (χ3n) is 3.68. The molecule has 0 unspecified atom stereocenters. The van der Waals surface area contributed by atoms with E-state index in [1.54, 1.807) is 18.2 Å². The number of nitrogens with one attached hydrogen (secondary N) is 1. The molecule has 0 spiro atoms. The maximum atomic E-state index is 12.7. The van der Waals surface area contributed by atoms with Gasteiger partial charge >= 0.3 is 6.18 Å². The molecule has 142 valence electrons. The van der Waals surface area contributed by atoms with Gasteiger partial charge < -0.3 is 5.32 Å². The normalized spacial score (nSPS) is 11.6. The Kier molecular flexibility index (Phi) is 5.16. The monoisotopic (exact) mass is 417 g/mol. The number of rotatable bonds is 4. The van der Waals surface area contributed by atoms with Crippen LogP contribution in [0.2, 0.25) is 10.0 Å². The van der Waals surface area contributed by atoms with Crippen molar-refractivity contribution in [3.05, 3.63) is 63.7 Å². The smallest absolute Gasteiger partial charge is 0.318 e. The first-order valence-electron chi connectivity index (χ1n) is 7.53. The minimum absolute atomic E-state index is 0.232. The number of amides is 1. The molecule has 11 heteroatoms. The molecule has 0 fully saturated rings. The quantitative estimate of drug-likeness (QED) is 0.690. The maximum absolute atomic E-state index is 12.7. The van der Waals surface area contributed by atoms with Gasteiger partial charge in [0.05, 0.1) is 18.4 Å². The highest BCUT2D eigenvalue weighted by Gasteiger charge is 2.35. The lowest BCUT2D eigenvalue weighted by atomic mass is 10.2. The first kappa shape index (κ1) is 19.2. The average Bonchev–Trinajstić information content (AvgIpc) is 3.17. The van der Waals surface area contributed by atoms with Crippen LogP contribution in [-0.2, 0) is 19.8 Å². The van der Waals surface area contributed by atoms with Crippen LogP contribution < -0.4 is 5.32 Å². The lowest BCUT2D eigenvalue weighted by Crippen LogP contribution is -2.15. The second-order valence-electron chi connectivity index (χ2n) is 5.62. The Hall–Kier alpha value is -2.52. The van der Waals surface area contributed by atoms with Crippen molar-refractivity contribution in [2.45, 2.75) is 12.7 Å². The first-order chi connectivity index (χ1) is 12.6. The molecule has 0 aliphatic heterocycles. The number of benzene rings is 1. The summed E-state index contributed by atoms with van der Waals surface area (Å²) in [4.78, 5) is 12.2. The topological polar surface area (TPSA) is 64.7 Å². The van der Waals surface area contributed by atoms with Crippen LogP contribution in [-0.4, -0.2) is 25.5 Å². The maximum Gasteiger partial charge on any atom is 0.435 e. The molecule has 27 heavy (non-hydrogen) atoms. The number of alkyl halides is 3. The van der Waals surface area contributed by atoms with Crippen molar-refractivity contribution in [1.82, 2.24) is 19.6 Å². The zero-order chi connectivity index (χ0) is 19.8. The number of carbonyl (C=O) groups excluding carboxylic acids is 1. The Morgan fingerprint density at radius 3 is 2.52 bits per heavy atom. The fourth-order valence-corrected chi connectivity index (χ4v) is 2.89. The lowest BCUT2D eigenvalue weighted by Gasteiger charge is -2.06. The Morgan fingerprint density at radius 1 is 1.26 bits per heavy atom. The molecule has 6 nitrogen and oxygen atoms in total. The molecule has 0 bridgehead atoms. The first-order valence-corrected chi connectivity index (χ1v) is 8.28. The minimum Gasteiger partial charge on any atom is -0.318 e. The molecule has 0 aliphatic carbocycles. The van der Waals surface area contributed by atoms with Crippen LogP contribution in [0.4, 0.5) is 18.9 Å². The average molecular weight is 418 g/mol. The Morgan fingerprint density at radius 2 is 1.93 bits per heavy atom. The van der Waals surface area contributed by atoms with Crippen molar-refractivity contribution >= 4 is 34.8 Å². The third kappa shape index (κ3) is 4.25. The van der Waals surface area contributed by atoms with E-state index in [2.05, 4.69) is 15.5 Å². The Labute approximate surface area is 161 Å². The van der Waals surface area contributed by atoms with Gasteiger partial charge in [0, 0.05) is 34.9 Å². The number of aromatic nitrogens is 4. The van der Waals surface area contributed by atoms with E-state index >= 15 is 0 Å². The molecule has 1 amide bonds. The van der Waals surface area contributed by atoms with Crippen molar-refractivity contribution in [1.29, 1.82) is 0 Å². The predicted octanol–water partition coefficient (Wildman–Crippen LogP) is 4.24. The van der Waals surface area contributed by atoms with Gasteiger partial charge in [0.2, 0.25) is 0 Å². The summed E-state index contributed by atoms with van der Waals surface area (Å²) in [7, 11) is 1.26. The Bertz CT molecular complexity index is 976. The number of carbonyl (C=O) groups is 1. The summed E-state index contributed by atoms with van der Waals surface area (Å²) in [6.07, 6.45) is -1.75. The number of anilines is 1. The van der Waals surface area contributed by atoms with Gasteiger partial charge in [-0.15, -0.1) is 0 Å². The van der Waals surface area contributed by atoms with Crippen LogP contribution in [0.15, 0.2) is 36.7 Å². The highest BCUT2D eigenvalue weighted by molar-refractivity contribution is 6.35. The molecular weight excluding hydrogens is 406 g/mol. The van der Waals surface area contributed by atoms with E-state index in [1.807, 2.05) is 0 Å². The van der Waals surface area contributed by atoms with E-state index in [1.165, 1.54) is 24.1 Å². The molecule has 1 aromatic carbocycles. The van der Waals surface area contributed by atoms with Gasteiger partial charge in [-0.3, -0.25) is 14.2 Å². The summed E-state index contributed by atoms with van der Waals surface area (Å²) in [5.41, 5.74) is -0.412. The van der Waals surface area contributed by atoms with E-state index in [0.717, 1.165) is 4.68 Å².